The zero-order valence-electron chi connectivity index (χ0n) is 9.98. The van der Waals surface area contributed by atoms with Gasteiger partial charge in [-0.15, -0.1) is 0 Å². The van der Waals surface area contributed by atoms with Crippen molar-refractivity contribution in [3.8, 4) is 0 Å². The first-order chi connectivity index (χ1) is 7.85. The van der Waals surface area contributed by atoms with Gasteiger partial charge in [0.2, 0.25) is 0 Å². The molecule has 2 N–H and O–H groups in total. The summed E-state index contributed by atoms with van der Waals surface area (Å²) in [5, 5.41) is 0. The lowest BCUT2D eigenvalue weighted by Gasteiger charge is -2.32. The Hall–Kier alpha value is -1.03. The first kappa shape index (κ1) is 11.5. The molecule has 0 amide bonds. The molecule has 2 rings (SSSR count). The number of nitrogens with zero attached hydrogens (tertiary/aromatic N) is 2. The molecule has 1 aliphatic rings. The van der Waals surface area contributed by atoms with E-state index in [1.807, 2.05) is 0 Å². The molecule has 0 bridgehead atoms. The summed E-state index contributed by atoms with van der Waals surface area (Å²) in [4.78, 5) is 6.69. The van der Waals surface area contributed by atoms with Crippen LogP contribution in [0.3, 0.4) is 0 Å². The maximum atomic E-state index is 5.54. The van der Waals surface area contributed by atoms with Crippen molar-refractivity contribution in [2.24, 2.45) is 5.73 Å². The van der Waals surface area contributed by atoms with Crippen LogP contribution in [0.25, 0.3) is 0 Å². The number of hydrogen-bond acceptors (Lipinski definition) is 4. The summed E-state index contributed by atoms with van der Waals surface area (Å²) in [6.07, 6.45) is 8.20. The normalized spacial score (nSPS) is 17.6. The lowest BCUT2D eigenvalue weighted by molar-refractivity contribution is 0.394. The van der Waals surface area contributed by atoms with Gasteiger partial charge in [0.1, 0.15) is 6.26 Å². The molecule has 1 aromatic rings. The van der Waals surface area contributed by atoms with Crippen LogP contribution in [0.1, 0.15) is 44.7 Å². The highest BCUT2D eigenvalue weighted by molar-refractivity contribution is 5.29. The molecule has 0 radical (unpaired) electrons. The van der Waals surface area contributed by atoms with E-state index in [-0.39, 0.29) is 0 Å². The summed E-state index contributed by atoms with van der Waals surface area (Å²) in [5.41, 5.74) is 6.38. The highest BCUT2D eigenvalue weighted by Gasteiger charge is 2.23. The van der Waals surface area contributed by atoms with Gasteiger partial charge in [0, 0.05) is 19.1 Å². The van der Waals surface area contributed by atoms with E-state index >= 15 is 0 Å². The number of aromatic nitrogens is 1. The third kappa shape index (κ3) is 2.38. The molecule has 1 saturated carbocycles. The predicted octanol–water partition coefficient (Wildman–Crippen LogP) is 2.29. The maximum Gasteiger partial charge on any atom is 0.297 e. The van der Waals surface area contributed by atoms with Gasteiger partial charge in [-0.05, 0) is 19.8 Å². The smallest absolute Gasteiger partial charge is 0.297 e. The van der Waals surface area contributed by atoms with Crippen LogP contribution < -0.4 is 10.6 Å². The number of rotatable bonds is 4. The molecule has 1 heterocycles. The Kier molecular flexibility index (Phi) is 3.83. The lowest BCUT2D eigenvalue weighted by atomic mass is 9.94. The molecule has 0 spiro atoms. The third-order valence-corrected chi connectivity index (χ3v) is 3.35. The number of oxazole rings is 1. The highest BCUT2D eigenvalue weighted by atomic mass is 16.4. The second-order valence-electron chi connectivity index (χ2n) is 4.40. The molecule has 1 aliphatic carbocycles. The van der Waals surface area contributed by atoms with Crippen LogP contribution in [0.15, 0.2) is 10.7 Å². The molecule has 0 saturated heterocycles. The van der Waals surface area contributed by atoms with Gasteiger partial charge in [-0.25, -0.2) is 0 Å². The van der Waals surface area contributed by atoms with E-state index in [9.17, 15) is 0 Å². The Bertz CT molecular complexity index is 318. The Balaban J connectivity index is 2.08. The molecule has 4 nitrogen and oxygen atoms in total. The number of anilines is 1. The Morgan fingerprint density at radius 2 is 2.19 bits per heavy atom. The SMILES string of the molecule is CCN(c1nc(CN)co1)C1CCCCC1. The Labute approximate surface area is 96.8 Å². The van der Waals surface area contributed by atoms with Gasteiger partial charge in [-0.2, -0.15) is 4.98 Å². The van der Waals surface area contributed by atoms with Crippen molar-refractivity contribution in [2.75, 3.05) is 11.4 Å². The summed E-state index contributed by atoms with van der Waals surface area (Å²) in [6.45, 7) is 3.56. The molecule has 1 fully saturated rings. The zero-order valence-corrected chi connectivity index (χ0v) is 9.98. The Morgan fingerprint density at radius 3 is 2.75 bits per heavy atom. The van der Waals surface area contributed by atoms with Gasteiger partial charge in [0.05, 0.1) is 5.69 Å². The van der Waals surface area contributed by atoms with Crippen LogP contribution >= 0.6 is 0 Å². The fourth-order valence-electron chi connectivity index (χ4n) is 2.46. The molecular weight excluding hydrogens is 202 g/mol. The second kappa shape index (κ2) is 5.34. The molecule has 16 heavy (non-hydrogen) atoms. The summed E-state index contributed by atoms with van der Waals surface area (Å²) < 4.78 is 5.50. The van der Waals surface area contributed by atoms with Crippen molar-refractivity contribution in [1.29, 1.82) is 0 Å². The van der Waals surface area contributed by atoms with E-state index < -0.39 is 0 Å². The van der Waals surface area contributed by atoms with Gasteiger partial charge in [0.25, 0.3) is 6.01 Å². The number of hydrogen-bond donors (Lipinski definition) is 1. The second-order valence-corrected chi connectivity index (χ2v) is 4.40. The maximum absolute atomic E-state index is 5.54. The van der Waals surface area contributed by atoms with Gasteiger partial charge in [0.15, 0.2) is 0 Å². The van der Waals surface area contributed by atoms with Crippen LogP contribution in [-0.2, 0) is 6.54 Å². The van der Waals surface area contributed by atoms with Crippen LogP contribution in [0.5, 0.6) is 0 Å². The van der Waals surface area contributed by atoms with Crippen LogP contribution in [-0.4, -0.2) is 17.6 Å². The van der Waals surface area contributed by atoms with E-state index in [1.54, 1.807) is 6.26 Å². The molecule has 1 aromatic heterocycles. The largest absolute Gasteiger partial charge is 0.432 e. The van der Waals surface area contributed by atoms with Crippen LogP contribution in [0, 0.1) is 0 Å². The van der Waals surface area contributed by atoms with Gasteiger partial charge >= 0.3 is 0 Å². The topological polar surface area (TPSA) is 55.3 Å². The monoisotopic (exact) mass is 223 g/mol. The zero-order chi connectivity index (χ0) is 11.4. The average molecular weight is 223 g/mol. The molecule has 0 aliphatic heterocycles. The lowest BCUT2D eigenvalue weighted by Crippen LogP contribution is -2.36. The summed E-state index contributed by atoms with van der Waals surface area (Å²) in [7, 11) is 0. The molecule has 90 valence electrons. The van der Waals surface area contributed by atoms with Crippen LogP contribution in [0.4, 0.5) is 6.01 Å². The van der Waals surface area contributed by atoms with E-state index in [0.29, 0.717) is 12.6 Å². The molecule has 0 aromatic carbocycles. The minimum absolute atomic E-state index is 0.450. The fraction of sp³-hybridized carbons (Fsp3) is 0.750. The summed E-state index contributed by atoms with van der Waals surface area (Å²) >= 11 is 0. The van der Waals surface area contributed by atoms with Crippen molar-refractivity contribution in [3.05, 3.63) is 12.0 Å². The van der Waals surface area contributed by atoms with Crippen molar-refractivity contribution >= 4 is 6.01 Å². The average Bonchev–Trinajstić information content (AvgIpc) is 2.80. The van der Waals surface area contributed by atoms with E-state index in [0.717, 1.165) is 18.3 Å². The van der Waals surface area contributed by atoms with Crippen molar-refractivity contribution in [2.45, 2.75) is 51.6 Å². The van der Waals surface area contributed by atoms with Crippen molar-refractivity contribution in [1.82, 2.24) is 4.98 Å². The minimum Gasteiger partial charge on any atom is -0.432 e. The first-order valence-electron chi connectivity index (χ1n) is 6.26. The van der Waals surface area contributed by atoms with Crippen LogP contribution in [0.2, 0.25) is 0 Å². The summed E-state index contributed by atoms with van der Waals surface area (Å²) in [6, 6.07) is 1.35. The minimum atomic E-state index is 0.450. The standard InChI is InChI=1S/C12H21N3O/c1-2-15(11-6-4-3-5-7-11)12-14-10(8-13)9-16-12/h9,11H,2-8,13H2,1H3. The van der Waals surface area contributed by atoms with Gasteiger partial charge < -0.3 is 15.1 Å². The Morgan fingerprint density at radius 1 is 1.44 bits per heavy atom. The van der Waals surface area contributed by atoms with Crippen molar-refractivity contribution < 1.29 is 4.42 Å². The fourth-order valence-corrected chi connectivity index (χ4v) is 2.46. The van der Waals surface area contributed by atoms with Gasteiger partial charge in [-0.1, -0.05) is 19.3 Å². The quantitative estimate of drug-likeness (QED) is 0.851. The third-order valence-electron chi connectivity index (χ3n) is 3.35. The van der Waals surface area contributed by atoms with E-state index in [1.165, 1.54) is 32.1 Å². The number of nitrogens with two attached hydrogens (primary N) is 1. The first-order valence-corrected chi connectivity index (χ1v) is 6.26. The van der Waals surface area contributed by atoms with E-state index in [2.05, 4.69) is 16.8 Å². The van der Waals surface area contributed by atoms with Gasteiger partial charge in [-0.3, -0.25) is 0 Å². The summed E-state index contributed by atoms with van der Waals surface area (Å²) in [5.74, 6) is 0. The molecule has 0 unspecified atom stereocenters. The van der Waals surface area contributed by atoms with E-state index in [4.69, 9.17) is 10.2 Å². The predicted molar refractivity (Wildman–Crippen MR) is 64.3 cm³/mol. The molecular formula is C12H21N3O. The molecule has 4 heteroatoms. The van der Waals surface area contributed by atoms with Crippen molar-refractivity contribution in [3.63, 3.8) is 0 Å². The molecule has 0 atom stereocenters. The highest BCUT2D eigenvalue weighted by Crippen LogP contribution is 2.26.